The van der Waals surface area contributed by atoms with Crippen LogP contribution < -0.4 is 11.1 Å². The molecule has 2 nitrogen and oxygen atoms in total. The number of benzene rings is 1. The molecular weight excluding hydrogens is 172 g/mol. The van der Waals surface area contributed by atoms with E-state index in [1.807, 2.05) is 6.07 Å². The fourth-order valence-corrected chi connectivity index (χ4v) is 2.23. The zero-order valence-corrected chi connectivity index (χ0v) is 8.72. The molecule has 0 radical (unpaired) electrons. The summed E-state index contributed by atoms with van der Waals surface area (Å²) in [6, 6.07) is 6.26. The van der Waals surface area contributed by atoms with E-state index in [1.165, 1.54) is 24.0 Å². The van der Waals surface area contributed by atoms with Crippen LogP contribution in [-0.2, 0) is 0 Å². The summed E-state index contributed by atoms with van der Waals surface area (Å²) in [5.74, 6) is 0.708. The molecule has 2 heteroatoms. The monoisotopic (exact) mass is 190 g/mol. The van der Waals surface area contributed by atoms with E-state index in [2.05, 4.69) is 24.4 Å². The van der Waals surface area contributed by atoms with Gasteiger partial charge in [0.2, 0.25) is 0 Å². The normalized spacial score (nSPS) is 18.4. The van der Waals surface area contributed by atoms with Crippen molar-refractivity contribution >= 4 is 5.69 Å². The van der Waals surface area contributed by atoms with Crippen molar-refractivity contribution in [2.75, 3.05) is 18.8 Å². The van der Waals surface area contributed by atoms with Crippen LogP contribution in [0.25, 0.3) is 0 Å². The predicted octanol–water partition coefficient (Wildman–Crippen LogP) is 2.04. The highest BCUT2D eigenvalue weighted by atomic mass is 14.9. The summed E-state index contributed by atoms with van der Waals surface area (Å²) < 4.78 is 0. The maximum Gasteiger partial charge on any atom is 0.0317 e. The van der Waals surface area contributed by atoms with Crippen LogP contribution in [0.4, 0.5) is 5.69 Å². The summed E-state index contributed by atoms with van der Waals surface area (Å²) in [5, 5.41) is 3.39. The van der Waals surface area contributed by atoms with Gasteiger partial charge in [-0.3, -0.25) is 0 Å². The van der Waals surface area contributed by atoms with Crippen LogP contribution in [0, 0.1) is 6.92 Å². The number of piperidine rings is 1. The number of nitrogens with two attached hydrogens (primary N) is 1. The molecule has 0 aliphatic carbocycles. The van der Waals surface area contributed by atoms with Crippen LogP contribution in [-0.4, -0.2) is 13.1 Å². The molecule has 76 valence electrons. The molecule has 1 fully saturated rings. The smallest absolute Gasteiger partial charge is 0.0317 e. The molecule has 0 aromatic heterocycles. The van der Waals surface area contributed by atoms with Crippen molar-refractivity contribution in [3.8, 4) is 0 Å². The van der Waals surface area contributed by atoms with Gasteiger partial charge in [0.15, 0.2) is 0 Å². The second kappa shape index (κ2) is 4.01. The van der Waals surface area contributed by atoms with Gasteiger partial charge in [-0.1, -0.05) is 6.07 Å². The van der Waals surface area contributed by atoms with Gasteiger partial charge < -0.3 is 11.1 Å². The number of anilines is 1. The van der Waals surface area contributed by atoms with E-state index in [4.69, 9.17) is 5.73 Å². The van der Waals surface area contributed by atoms with Crippen LogP contribution in [0.5, 0.6) is 0 Å². The summed E-state index contributed by atoms with van der Waals surface area (Å²) in [5.41, 5.74) is 9.54. The van der Waals surface area contributed by atoms with Gasteiger partial charge in [0, 0.05) is 5.69 Å². The largest absolute Gasteiger partial charge is 0.399 e. The Morgan fingerprint density at radius 1 is 1.29 bits per heavy atom. The van der Waals surface area contributed by atoms with Crippen molar-refractivity contribution in [1.82, 2.24) is 5.32 Å². The fraction of sp³-hybridized carbons (Fsp3) is 0.500. The number of hydrogen-bond acceptors (Lipinski definition) is 2. The molecule has 1 aliphatic heterocycles. The number of hydrogen-bond donors (Lipinski definition) is 2. The van der Waals surface area contributed by atoms with Gasteiger partial charge in [0.05, 0.1) is 0 Å². The molecule has 14 heavy (non-hydrogen) atoms. The highest BCUT2D eigenvalue weighted by Crippen LogP contribution is 2.29. The lowest BCUT2D eigenvalue weighted by molar-refractivity contribution is 0.459. The molecule has 0 unspecified atom stereocenters. The van der Waals surface area contributed by atoms with E-state index in [0.717, 1.165) is 18.8 Å². The second-order valence-electron chi connectivity index (χ2n) is 4.14. The van der Waals surface area contributed by atoms with E-state index >= 15 is 0 Å². The molecule has 0 saturated carbocycles. The third-order valence-corrected chi connectivity index (χ3v) is 3.08. The van der Waals surface area contributed by atoms with Gasteiger partial charge in [-0.05, 0) is 62.0 Å². The highest BCUT2D eigenvalue weighted by molar-refractivity contribution is 5.45. The lowest BCUT2D eigenvalue weighted by Gasteiger charge is -2.24. The summed E-state index contributed by atoms with van der Waals surface area (Å²) in [4.78, 5) is 0. The van der Waals surface area contributed by atoms with Crippen molar-refractivity contribution in [2.45, 2.75) is 25.7 Å². The van der Waals surface area contributed by atoms with Gasteiger partial charge in [-0.25, -0.2) is 0 Å². The SMILES string of the molecule is Cc1ccc(N)cc1C1CCNCC1. The Balaban J connectivity index is 2.24. The average Bonchev–Trinajstić information content (AvgIpc) is 2.23. The standard InChI is InChI=1S/C12H18N2/c1-9-2-3-11(13)8-12(9)10-4-6-14-7-5-10/h2-3,8,10,14H,4-7,13H2,1H3. The average molecular weight is 190 g/mol. The number of rotatable bonds is 1. The minimum Gasteiger partial charge on any atom is -0.399 e. The van der Waals surface area contributed by atoms with Crippen LogP contribution in [0.15, 0.2) is 18.2 Å². The van der Waals surface area contributed by atoms with E-state index in [-0.39, 0.29) is 0 Å². The molecule has 0 spiro atoms. The second-order valence-corrected chi connectivity index (χ2v) is 4.14. The zero-order valence-electron chi connectivity index (χ0n) is 8.72. The number of nitrogen functional groups attached to an aromatic ring is 1. The van der Waals surface area contributed by atoms with Gasteiger partial charge in [-0.15, -0.1) is 0 Å². The first-order valence-corrected chi connectivity index (χ1v) is 5.34. The van der Waals surface area contributed by atoms with Gasteiger partial charge in [0.1, 0.15) is 0 Å². The van der Waals surface area contributed by atoms with Gasteiger partial charge >= 0.3 is 0 Å². The van der Waals surface area contributed by atoms with Crippen LogP contribution in [0.2, 0.25) is 0 Å². The predicted molar refractivity (Wildman–Crippen MR) is 60.4 cm³/mol. The highest BCUT2D eigenvalue weighted by Gasteiger charge is 2.16. The van der Waals surface area contributed by atoms with Crippen molar-refractivity contribution in [3.05, 3.63) is 29.3 Å². The molecule has 0 atom stereocenters. The first kappa shape index (κ1) is 9.53. The first-order valence-electron chi connectivity index (χ1n) is 5.34. The zero-order chi connectivity index (χ0) is 9.97. The Bertz CT molecular complexity index is 314. The minimum absolute atomic E-state index is 0.708. The van der Waals surface area contributed by atoms with Crippen LogP contribution >= 0.6 is 0 Å². The molecule has 2 rings (SSSR count). The Labute approximate surface area is 85.5 Å². The molecule has 1 aromatic rings. The van der Waals surface area contributed by atoms with E-state index in [1.54, 1.807) is 0 Å². The maximum atomic E-state index is 5.82. The molecule has 0 amide bonds. The lowest BCUT2D eigenvalue weighted by Crippen LogP contribution is -2.27. The fourth-order valence-electron chi connectivity index (χ4n) is 2.23. The first-order chi connectivity index (χ1) is 6.77. The quantitative estimate of drug-likeness (QED) is 0.665. The molecule has 0 bridgehead atoms. The maximum absolute atomic E-state index is 5.82. The van der Waals surface area contributed by atoms with Crippen molar-refractivity contribution in [3.63, 3.8) is 0 Å². The Hall–Kier alpha value is -1.02. The Kier molecular flexibility index (Phi) is 2.73. The number of aryl methyl sites for hydroxylation is 1. The number of nitrogens with one attached hydrogen (secondary N) is 1. The van der Waals surface area contributed by atoms with E-state index in [9.17, 15) is 0 Å². The molecule has 1 heterocycles. The third-order valence-electron chi connectivity index (χ3n) is 3.08. The van der Waals surface area contributed by atoms with Crippen molar-refractivity contribution < 1.29 is 0 Å². The molecule has 1 aromatic carbocycles. The summed E-state index contributed by atoms with van der Waals surface area (Å²) in [6.07, 6.45) is 2.48. The summed E-state index contributed by atoms with van der Waals surface area (Å²) in [7, 11) is 0. The van der Waals surface area contributed by atoms with Gasteiger partial charge in [-0.2, -0.15) is 0 Å². The van der Waals surface area contributed by atoms with Gasteiger partial charge in [0.25, 0.3) is 0 Å². The van der Waals surface area contributed by atoms with E-state index in [0.29, 0.717) is 5.92 Å². The molecule has 1 saturated heterocycles. The van der Waals surface area contributed by atoms with Crippen LogP contribution in [0.1, 0.15) is 29.9 Å². The molecule has 3 N–H and O–H groups in total. The summed E-state index contributed by atoms with van der Waals surface area (Å²) >= 11 is 0. The van der Waals surface area contributed by atoms with E-state index < -0.39 is 0 Å². The minimum atomic E-state index is 0.708. The Morgan fingerprint density at radius 3 is 2.71 bits per heavy atom. The molecule has 1 aliphatic rings. The van der Waals surface area contributed by atoms with Crippen LogP contribution in [0.3, 0.4) is 0 Å². The van der Waals surface area contributed by atoms with Crippen molar-refractivity contribution in [2.24, 2.45) is 0 Å². The third kappa shape index (κ3) is 1.90. The Morgan fingerprint density at radius 2 is 2.00 bits per heavy atom. The lowest BCUT2D eigenvalue weighted by atomic mass is 9.87. The van der Waals surface area contributed by atoms with Crippen molar-refractivity contribution in [1.29, 1.82) is 0 Å². The topological polar surface area (TPSA) is 38.0 Å². The molecular formula is C12H18N2. The summed E-state index contributed by atoms with van der Waals surface area (Å²) in [6.45, 7) is 4.45.